The number of halogens is 1. The number of anilines is 1. The lowest BCUT2D eigenvalue weighted by Crippen LogP contribution is -1.95. The van der Waals surface area contributed by atoms with Crippen LogP contribution in [0, 0.1) is 17.1 Å². The SMILES string of the molecule is N#Cc1c(F)cc(N)c2ncccc12. The van der Waals surface area contributed by atoms with E-state index in [0.717, 1.165) is 6.07 Å². The van der Waals surface area contributed by atoms with E-state index in [1.165, 1.54) is 0 Å². The van der Waals surface area contributed by atoms with Crippen molar-refractivity contribution in [3.05, 3.63) is 35.8 Å². The van der Waals surface area contributed by atoms with Gasteiger partial charge in [0.1, 0.15) is 11.9 Å². The fraction of sp³-hybridized carbons (Fsp3) is 0. The molecule has 0 spiro atoms. The van der Waals surface area contributed by atoms with Crippen LogP contribution in [0.15, 0.2) is 24.4 Å². The number of benzene rings is 1. The number of fused-ring (bicyclic) bond motifs is 1. The minimum absolute atomic E-state index is 0.0118. The molecule has 2 rings (SSSR count). The third-order valence-electron chi connectivity index (χ3n) is 1.98. The van der Waals surface area contributed by atoms with Crippen LogP contribution in [0.2, 0.25) is 0 Å². The third-order valence-corrected chi connectivity index (χ3v) is 1.98. The number of hydrogen-bond acceptors (Lipinski definition) is 3. The summed E-state index contributed by atoms with van der Waals surface area (Å²) in [6.07, 6.45) is 1.55. The van der Waals surface area contributed by atoms with Crippen LogP contribution in [0.5, 0.6) is 0 Å². The summed E-state index contributed by atoms with van der Waals surface area (Å²) in [6, 6.07) is 6.18. The summed E-state index contributed by atoms with van der Waals surface area (Å²) in [7, 11) is 0. The van der Waals surface area contributed by atoms with E-state index in [1.807, 2.05) is 0 Å². The van der Waals surface area contributed by atoms with Gasteiger partial charge in [0.15, 0.2) is 0 Å². The Bertz CT molecular complexity index is 543. The van der Waals surface area contributed by atoms with Crippen LogP contribution < -0.4 is 5.73 Å². The van der Waals surface area contributed by atoms with Crippen molar-refractivity contribution >= 4 is 16.6 Å². The predicted octanol–water partition coefficient (Wildman–Crippen LogP) is 1.83. The largest absolute Gasteiger partial charge is 0.397 e. The summed E-state index contributed by atoms with van der Waals surface area (Å²) in [6.45, 7) is 0. The number of nitrogen functional groups attached to an aromatic ring is 1. The molecule has 2 aromatic rings. The molecule has 14 heavy (non-hydrogen) atoms. The van der Waals surface area contributed by atoms with Crippen molar-refractivity contribution < 1.29 is 4.39 Å². The molecule has 0 amide bonds. The van der Waals surface area contributed by atoms with E-state index in [1.54, 1.807) is 24.4 Å². The quantitative estimate of drug-likeness (QED) is 0.640. The van der Waals surface area contributed by atoms with E-state index < -0.39 is 5.82 Å². The van der Waals surface area contributed by atoms with Crippen LogP contribution in [-0.2, 0) is 0 Å². The van der Waals surface area contributed by atoms with E-state index in [2.05, 4.69) is 4.98 Å². The smallest absolute Gasteiger partial charge is 0.143 e. The molecule has 1 aromatic heterocycles. The highest BCUT2D eigenvalue weighted by atomic mass is 19.1. The van der Waals surface area contributed by atoms with E-state index in [0.29, 0.717) is 10.9 Å². The number of hydrogen-bond donors (Lipinski definition) is 1. The number of pyridine rings is 1. The van der Waals surface area contributed by atoms with Crippen molar-refractivity contribution in [1.82, 2.24) is 4.98 Å². The van der Waals surface area contributed by atoms with Crippen molar-refractivity contribution in [2.75, 3.05) is 5.73 Å². The second-order valence-electron chi connectivity index (χ2n) is 2.83. The molecular formula is C10H6FN3. The van der Waals surface area contributed by atoms with Gasteiger partial charge in [0.05, 0.1) is 16.8 Å². The lowest BCUT2D eigenvalue weighted by atomic mass is 10.1. The molecule has 0 fully saturated rings. The summed E-state index contributed by atoms with van der Waals surface area (Å²) in [5.41, 5.74) is 6.27. The number of nitrogens with two attached hydrogens (primary N) is 1. The zero-order chi connectivity index (χ0) is 10.1. The molecule has 4 heteroatoms. The molecule has 2 N–H and O–H groups in total. The summed E-state index contributed by atoms with van der Waals surface area (Å²) in [5.74, 6) is -0.606. The van der Waals surface area contributed by atoms with Gasteiger partial charge in [-0.1, -0.05) is 0 Å². The molecule has 0 saturated heterocycles. The topological polar surface area (TPSA) is 62.7 Å². The molecule has 0 bridgehead atoms. The van der Waals surface area contributed by atoms with Gasteiger partial charge >= 0.3 is 0 Å². The van der Waals surface area contributed by atoms with Gasteiger partial charge in [0.2, 0.25) is 0 Å². The van der Waals surface area contributed by atoms with Gasteiger partial charge in [-0.25, -0.2) is 4.39 Å². The van der Waals surface area contributed by atoms with Crippen LogP contribution in [0.3, 0.4) is 0 Å². The minimum atomic E-state index is -0.606. The Balaban J connectivity index is 3.00. The highest BCUT2D eigenvalue weighted by molar-refractivity contribution is 5.93. The fourth-order valence-electron chi connectivity index (χ4n) is 1.36. The average Bonchev–Trinajstić information content (AvgIpc) is 2.18. The van der Waals surface area contributed by atoms with Crippen LogP contribution in [-0.4, -0.2) is 4.98 Å². The van der Waals surface area contributed by atoms with Gasteiger partial charge < -0.3 is 5.73 Å². The molecule has 0 aliphatic carbocycles. The number of nitrogens with zero attached hydrogens (tertiary/aromatic N) is 2. The van der Waals surface area contributed by atoms with Crippen molar-refractivity contribution in [1.29, 1.82) is 5.26 Å². The molecule has 0 aliphatic heterocycles. The standard InChI is InChI=1S/C10H6FN3/c11-8-4-9(13)10-6(7(8)5-12)2-1-3-14-10/h1-4H,13H2. The van der Waals surface area contributed by atoms with Crippen LogP contribution >= 0.6 is 0 Å². The van der Waals surface area contributed by atoms with Crippen LogP contribution in [0.25, 0.3) is 10.9 Å². The normalized spacial score (nSPS) is 10.0. The van der Waals surface area contributed by atoms with Crippen molar-refractivity contribution in [2.24, 2.45) is 0 Å². The molecule has 3 nitrogen and oxygen atoms in total. The lowest BCUT2D eigenvalue weighted by Gasteiger charge is -2.03. The van der Waals surface area contributed by atoms with E-state index >= 15 is 0 Å². The van der Waals surface area contributed by atoms with Gasteiger partial charge in [-0.15, -0.1) is 0 Å². The minimum Gasteiger partial charge on any atom is -0.397 e. The molecule has 0 aliphatic rings. The monoisotopic (exact) mass is 187 g/mol. The Hall–Kier alpha value is -2.15. The molecule has 0 saturated carbocycles. The van der Waals surface area contributed by atoms with Crippen molar-refractivity contribution in [2.45, 2.75) is 0 Å². The van der Waals surface area contributed by atoms with Gasteiger partial charge in [0, 0.05) is 17.6 Å². The number of aromatic nitrogens is 1. The van der Waals surface area contributed by atoms with Crippen molar-refractivity contribution in [3.63, 3.8) is 0 Å². The Labute approximate surface area is 79.6 Å². The van der Waals surface area contributed by atoms with Crippen LogP contribution in [0.1, 0.15) is 5.56 Å². The highest BCUT2D eigenvalue weighted by Crippen LogP contribution is 2.24. The molecule has 0 atom stereocenters. The van der Waals surface area contributed by atoms with Gasteiger partial charge in [-0.05, 0) is 12.1 Å². The second-order valence-corrected chi connectivity index (χ2v) is 2.83. The summed E-state index contributed by atoms with van der Waals surface area (Å²) < 4.78 is 13.3. The fourth-order valence-corrected chi connectivity index (χ4v) is 1.36. The molecule has 0 unspecified atom stereocenters. The van der Waals surface area contributed by atoms with Gasteiger partial charge in [0.25, 0.3) is 0 Å². The summed E-state index contributed by atoms with van der Waals surface area (Å²) in [5, 5.41) is 9.20. The first-order valence-corrected chi connectivity index (χ1v) is 3.97. The number of nitriles is 1. The number of rotatable bonds is 0. The third kappa shape index (κ3) is 1.07. The Morgan fingerprint density at radius 3 is 3.00 bits per heavy atom. The first-order chi connectivity index (χ1) is 6.74. The van der Waals surface area contributed by atoms with Crippen LogP contribution in [0.4, 0.5) is 10.1 Å². The lowest BCUT2D eigenvalue weighted by molar-refractivity contribution is 0.626. The summed E-state index contributed by atoms with van der Waals surface area (Å²) in [4.78, 5) is 3.99. The molecule has 68 valence electrons. The predicted molar refractivity (Wildman–Crippen MR) is 50.8 cm³/mol. The maximum absolute atomic E-state index is 13.3. The van der Waals surface area contributed by atoms with Gasteiger partial charge in [-0.3, -0.25) is 4.98 Å². The van der Waals surface area contributed by atoms with E-state index in [4.69, 9.17) is 11.0 Å². The molecule has 0 radical (unpaired) electrons. The zero-order valence-electron chi connectivity index (χ0n) is 7.16. The van der Waals surface area contributed by atoms with E-state index in [9.17, 15) is 4.39 Å². The Kier molecular flexibility index (Phi) is 1.79. The molecular weight excluding hydrogens is 181 g/mol. The molecule has 1 heterocycles. The van der Waals surface area contributed by atoms with E-state index in [-0.39, 0.29) is 11.3 Å². The highest BCUT2D eigenvalue weighted by Gasteiger charge is 2.10. The first-order valence-electron chi connectivity index (χ1n) is 3.97. The first kappa shape index (κ1) is 8.45. The maximum Gasteiger partial charge on any atom is 0.143 e. The second kappa shape index (κ2) is 2.96. The summed E-state index contributed by atoms with van der Waals surface area (Å²) >= 11 is 0. The van der Waals surface area contributed by atoms with Crippen molar-refractivity contribution in [3.8, 4) is 6.07 Å². The Morgan fingerprint density at radius 2 is 2.29 bits per heavy atom. The Morgan fingerprint density at radius 1 is 1.50 bits per heavy atom. The average molecular weight is 187 g/mol. The maximum atomic E-state index is 13.3. The van der Waals surface area contributed by atoms with Gasteiger partial charge in [-0.2, -0.15) is 5.26 Å². The molecule has 1 aromatic carbocycles. The zero-order valence-corrected chi connectivity index (χ0v) is 7.16.